The van der Waals surface area contributed by atoms with Crippen LogP contribution in [0.15, 0.2) is 78.9 Å². The maximum absolute atomic E-state index is 15.3. The van der Waals surface area contributed by atoms with Crippen LogP contribution in [0.5, 0.6) is 161 Å². The summed E-state index contributed by atoms with van der Waals surface area (Å²) in [5, 5.41) is 293. The highest BCUT2D eigenvalue weighted by atomic mass is 16.8. The number of ether oxygens (including phenoxy) is 11. The highest BCUT2D eigenvalue weighted by Gasteiger charge is 2.56. The Labute approximate surface area is 676 Å². The molecule has 27 N–H and O–H groups in total. The molecule has 123 heavy (non-hydrogen) atoms. The van der Waals surface area contributed by atoms with Gasteiger partial charge in [-0.2, -0.15) is 0 Å². The third-order valence-electron chi connectivity index (χ3n) is 18.4. The predicted octanol–water partition coefficient (Wildman–Crippen LogP) is 2.59. The molecular weight excluding hydrogens is 1670 g/mol. The summed E-state index contributed by atoms with van der Waals surface area (Å²) in [5.41, 5.74) is -16.5. The minimum atomic E-state index is -3.10. The van der Waals surface area contributed by atoms with Gasteiger partial charge >= 0.3 is 53.7 Å². The molecule has 0 bridgehead atoms. The number of phenols is 26. The highest BCUT2D eigenvalue weighted by molar-refractivity contribution is 6.10. The Kier molecular flexibility index (Phi) is 22.1. The fourth-order valence-electron chi connectivity index (χ4n) is 12.4. The van der Waals surface area contributed by atoms with Crippen molar-refractivity contribution in [2.24, 2.45) is 0 Å². The monoisotopic (exact) mass is 1720 g/mol. The summed E-state index contributed by atoms with van der Waals surface area (Å²) in [6.45, 7) is -3.31. The van der Waals surface area contributed by atoms with Gasteiger partial charge in [-0.25, -0.2) is 43.2 Å². The Morgan fingerprint density at radius 2 is 0.691 bits per heavy atom. The van der Waals surface area contributed by atoms with Crippen molar-refractivity contribution in [1.29, 1.82) is 0 Å². The van der Waals surface area contributed by atoms with E-state index in [2.05, 4.69) is 0 Å². The molecular formula is C75H54O48. The third kappa shape index (κ3) is 15.4. The van der Waals surface area contributed by atoms with Gasteiger partial charge in [0.15, 0.2) is 163 Å². The van der Waals surface area contributed by atoms with Crippen LogP contribution in [0.4, 0.5) is 0 Å². The number of benzene rings is 9. The van der Waals surface area contributed by atoms with E-state index in [0.717, 1.165) is 0 Å². The minimum absolute atomic E-state index is 0.0877. The van der Waals surface area contributed by atoms with Gasteiger partial charge in [-0.1, -0.05) is 0 Å². The van der Waals surface area contributed by atoms with Crippen molar-refractivity contribution < 1.29 is 238 Å². The largest absolute Gasteiger partial charge is 0.504 e. The van der Waals surface area contributed by atoms with Gasteiger partial charge in [0.1, 0.15) is 31.0 Å². The number of aromatic hydroxyl groups is 26. The molecule has 9 aromatic carbocycles. The summed E-state index contributed by atoms with van der Waals surface area (Å²) < 4.78 is 61.2. The van der Waals surface area contributed by atoms with Crippen molar-refractivity contribution in [3.63, 3.8) is 0 Å². The molecule has 9 atom stereocenters. The lowest BCUT2D eigenvalue weighted by Gasteiger charge is -2.43. The first kappa shape index (κ1) is 84.8. The van der Waals surface area contributed by atoms with E-state index in [9.17, 15) is 181 Å². The Bertz CT molecular complexity index is 5950. The van der Waals surface area contributed by atoms with E-state index in [1.54, 1.807) is 0 Å². The molecule has 0 amide bonds. The number of hydrogen-bond donors (Lipinski definition) is 27. The van der Waals surface area contributed by atoms with Crippen molar-refractivity contribution in [2.45, 2.75) is 55.1 Å². The first-order valence-corrected chi connectivity index (χ1v) is 33.8. The zero-order chi connectivity index (χ0) is 90.2. The lowest BCUT2D eigenvalue weighted by atomic mass is 9.91. The van der Waals surface area contributed by atoms with Gasteiger partial charge in [-0.05, 0) is 66.7 Å². The van der Waals surface area contributed by atoms with Crippen molar-refractivity contribution in [2.75, 3.05) is 13.2 Å². The third-order valence-corrected chi connectivity index (χ3v) is 18.4. The molecule has 12 rings (SSSR count). The number of esters is 9. The van der Waals surface area contributed by atoms with Crippen LogP contribution in [0.3, 0.4) is 0 Å². The Hall–Kier alpha value is -17.6. The molecule has 0 aromatic heterocycles. The van der Waals surface area contributed by atoms with Crippen LogP contribution < -0.4 is 4.74 Å². The number of carbonyl (C=O) groups is 10. The lowest BCUT2D eigenvalue weighted by molar-refractivity contribution is -0.282. The van der Waals surface area contributed by atoms with E-state index >= 15 is 4.79 Å². The number of phenolic OH excluding ortho intramolecular Hbond substituents is 26. The maximum atomic E-state index is 15.3. The van der Waals surface area contributed by atoms with Crippen molar-refractivity contribution in [3.05, 3.63) is 129 Å². The molecule has 1 fully saturated rings. The summed E-state index contributed by atoms with van der Waals surface area (Å²) in [7, 11) is 0. The smallest absolute Gasteiger partial charge is 0.344 e. The van der Waals surface area contributed by atoms with E-state index in [1.165, 1.54) is 0 Å². The zero-order valence-corrected chi connectivity index (χ0v) is 60.3. The minimum Gasteiger partial charge on any atom is -0.504 e. The average molecular weight is 1720 g/mol. The Morgan fingerprint density at radius 3 is 1.11 bits per heavy atom. The average Bonchev–Trinajstić information content (AvgIpc) is 0.874. The quantitative estimate of drug-likeness (QED) is 0.0303. The molecule has 642 valence electrons. The Morgan fingerprint density at radius 1 is 0.350 bits per heavy atom. The van der Waals surface area contributed by atoms with Crippen LogP contribution in [0.1, 0.15) is 93.2 Å². The van der Waals surface area contributed by atoms with Gasteiger partial charge in [0.25, 0.3) is 0 Å². The van der Waals surface area contributed by atoms with E-state index in [0.29, 0.717) is 54.6 Å². The summed E-state index contributed by atoms with van der Waals surface area (Å²) >= 11 is 0. The van der Waals surface area contributed by atoms with Gasteiger partial charge in [-0.3, -0.25) is 4.79 Å². The summed E-state index contributed by atoms with van der Waals surface area (Å²) in [5.74, 6) is -59.6. The lowest BCUT2D eigenvalue weighted by Crippen LogP contribution is -2.63. The topological polar surface area (TPSA) is 818 Å². The number of carbonyl (C=O) groups excluding carboxylic acids is 10. The fraction of sp³-hybridized carbons (Fsp3) is 0.147. The number of aliphatic hydroxyl groups is 1. The SMILES string of the molecule is O=CC(OC(=O)c1cc(O)c(O)c(O)c1)C(OC(=O)c1cc(O)c(O)c(O)c1)C1OC(=O)c2cc(O)c(O)c(O)c2-c2c(cc(Oc3c(C(=O)OC4OC5COC(=O)c6cc(O)c(O)c(O)c6-c6c(cc(O)c(O)c6O)C(=O)OC5C(OC(=O)c5cc(O)c(O)c(O)c5)C4OC(=O)c4cc(O)c(O)c(O)c4)cc(O)c(O)c3O)c(O)c2O)C(=O)OCC1O. The number of aldehydes is 1. The number of rotatable bonds is 15. The molecule has 48 nitrogen and oxygen atoms in total. The molecule has 48 heteroatoms. The van der Waals surface area contributed by atoms with Crippen LogP contribution in [0.2, 0.25) is 0 Å². The maximum Gasteiger partial charge on any atom is 0.344 e. The predicted molar refractivity (Wildman–Crippen MR) is 381 cm³/mol. The number of hydrogen-bond acceptors (Lipinski definition) is 48. The van der Waals surface area contributed by atoms with Crippen molar-refractivity contribution >= 4 is 60.0 Å². The molecule has 0 radical (unpaired) electrons. The fourth-order valence-corrected chi connectivity index (χ4v) is 12.4. The first-order chi connectivity index (χ1) is 57.8. The van der Waals surface area contributed by atoms with Gasteiger partial charge < -0.3 is 190 Å². The normalized spacial score (nSPS) is 17.9. The van der Waals surface area contributed by atoms with E-state index in [1.807, 2.05) is 0 Å². The second kappa shape index (κ2) is 32.1. The van der Waals surface area contributed by atoms with Gasteiger partial charge in [0.05, 0.1) is 44.5 Å². The number of aliphatic hydroxyl groups excluding tert-OH is 1. The van der Waals surface area contributed by atoms with Gasteiger partial charge in [0.2, 0.25) is 46.9 Å². The van der Waals surface area contributed by atoms with Crippen LogP contribution in [-0.2, 0) is 52.2 Å². The molecule has 3 aliphatic rings. The number of fused-ring (bicyclic) bond motifs is 7. The Balaban J connectivity index is 0.981. The van der Waals surface area contributed by atoms with Gasteiger partial charge in [-0.15, -0.1) is 0 Å². The highest BCUT2D eigenvalue weighted by Crippen LogP contribution is 2.58. The van der Waals surface area contributed by atoms with Crippen LogP contribution in [0.25, 0.3) is 22.3 Å². The van der Waals surface area contributed by atoms with E-state index in [4.69, 9.17) is 52.1 Å². The van der Waals surface area contributed by atoms with Crippen LogP contribution in [0, 0.1) is 0 Å². The molecule has 9 aromatic rings. The van der Waals surface area contributed by atoms with Crippen molar-refractivity contribution in [3.8, 4) is 183 Å². The van der Waals surface area contributed by atoms with Crippen molar-refractivity contribution in [1.82, 2.24) is 0 Å². The standard InChI is InChI=1S/C75H54O48/c76-14-40(116-66(104)17-1-26(77)46(90)27(78)2-17)62(119-67(105)18-3-28(79)47(91)29(80)4-18)61-38(89)15-113-71(109)24-13-39(54(98)58(102)45(24)44-22(72(110)118-61)10-35(86)52(96)57(44)101)115-60-25(12-37(88)53(97)59(60)103)74(112)123-75-65(122-69(107)20-7-32(83)49(93)33(84)8-20)64(121-68(106)19-5-30(81)48(92)31(82)6-19)63-41(117-75)16-114-70(108)21-9-34(85)50(94)55(99)42(21)43-23(73(111)120-63)11-36(87)51(95)56(43)100/h1-14,38,40-41,61-65,75,77-103H,15-16H2. The first-order valence-electron chi connectivity index (χ1n) is 33.8. The van der Waals surface area contributed by atoms with Crippen LogP contribution >= 0.6 is 0 Å². The molecule has 0 spiro atoms. The summed E-state index contributed by atoms with van der Waals surface area (Å²) in [4.78, 5) is 144. The molecule has 0 aliphatic carbocycles. The second-order valence-corrected chi connectivity index (χ2v) is 26.1. The van der Waals surface area contributed by atoms with Gasteiger partial charge in [0, 0.05) is 34.4 Å². The molecule has 9 unspecified atom stereocenters. The van der Waals surface area contributed by atoms with Crippen LogP contribution in [-0.4, -0.2) is 266 Å². The second-order valence-electron chi connectivity index (χ2n) is 26.1. The molecule has 0 saturated carbocycles. The zero-order valence-electron chi connectivity index (χ0n) is 60.3. The van der Waals surface area contributed by atoms with E-state index < -0.39 is 362 Å². The summed E-state index contributed by atoms with van der Waals surface area (Å²) in [6.07, 6.45) is -26.4. The molecule has 1 saturated heterocycles. The summed E-state index contributed by atoms with van der Waals surface area (Å²) in [6, 6.07) is 4.15. The molecule has 3 aliphatic heterocycles. The van der Waals surface area contributed by atoms with E-state index in [-0.39, 0.29) is 24.3 Å². The number of cyclic esters (lactones) is 3. The molecule has 3 heterocycles.